The zero-order chi connectivity index (χ0) is 20.0. The largest absolute Gasteiger partial charge is 0.497 e. The molecule has 2 aromatic carbocycles. The Morgan fingerprint density at radius 2 is 1.75 bits per heavy atom. The van der Waals surface area contributed by atoms with E-state index >= 15 is 0 Å². The number of benzene rings is 2. The monoisotopic (exact) mass is 397 g/mol. The van der Waals surface area contributed by atoms with Crippen molar-refractivity contribution in [2.75, 3.05) is 12.9 Å². The summed E-state index contributed by atoms with van der Waals surface area (Å²) in [6, 6.07) is 18.3. The van der Waals surface area contributed by atoms with Crippen LogP contribution in [-0.2, 0) is 13.0 Å². The maximum atomic E-state index is 9.98. The van der Waals surface area contributed by atoms with Crippen molar-refractivity contribution >= 4 is 11.8 Å². The third-order valence-corrected chi connectivity index (χ3v) is 5.45. The second-order valence-electron chi connectivity index (χ2n) is 7.33. The quantitative estimate of drug-likeness (QED) is 0.541. The smallest absolute Gasteiger partial charge is 0.191 e. The van der Waals surface area contributed by atoms with Gasteiger partial charge in [-0.05, 0) is 56.5 Å². The summed E-state index contributed by atoms with van der Waals surface area (Å²) in [6.45, 7) is 4.45. The fourth-order valence-corrected chi connectivity index (χ4v) is 4.04. The Morgan fingerprint density at radius 1 is 1.04 bits per heavy atom. The second-order valence-corrected chi connectivity index (χ2v) is 8.39. The first-order valence-electron chi connectivity index (χ1n) is 9.43. The molecule has 0 radical (unpaired) electrons. The Hall–Kier alpha value is -2.31. The van der Waals surface area contributed by atoms with E-state index in [9.17, 15) is 5.11 Å². The fraction of sp³-hybridized carbons (Fsp3) is 0.364. The summed E-state index contributed by atoms with van der Waals surface area (Å²) in [5, 5.41) is 19.8. The van der Waals surface area contributed by atoms with E-state index in [1.165, 1.54) is 5.56 Å². The Kier molecular flexibility index (Phi) is 6.75. The number of rotatable bonds is 9. The van der Waals surface area contributed by atoms with E-state index in [4.69, 9.17) is 4.74 Å². The van der Waals surface area contributed by atoms with E-state index < -0.39 is 5.60 Å². The van der Waals surface area contributed by atoms with Crippen molar-refractivity contribution in [2.45, 2.75) is 44.0 Å². The van der Waals surface area contributed by atoms with Gasteiger partial charge >= 0.3 is 0 Å². The molecule has 3 aromatic rings. The maximum absolute atomic E-state index is 9.98. The average molecular weight is 398 g/mol. The van der Waals surface area contributed by atoms with Crippen LogP contribution in [0, 0.1) is 0 Å². The first kappa shape index (κ1) is 20.4. The summed E-state index contributed by atoms with van der Waals surface area (Å²) < 4.78 is 7.43. The van der Waals surface area contributed by atoms with Crippen LogP contribution in [0.5, 0.6) is 5.75 Å². The van der Waals surface area contributed by atoms with E-state index in [-0.39, 0.29) is 0 Å². The number of thioether (sulfide) groups is 1. The van der Waals surface area contributed by atoms with Gasteiger partial charge in [-0.25, -0.2) is 0 Å². The molecule has 0 bridgehead atoms. The topological polar surface area (TPSA) is 60.2 Å². The number of hydrogen-bond acceptors (Lipinski definition) is 5. The molecule has 0 amide bonds. The van der Waals surface area contributed by atoms with Gasteiger partial charge in [-0.1, -0.05) is 42.1 Å². The molecule has 0 unspecified atom stereocenters. The first-order chi connectivity index (χ1) is 13.5. The van der Waals surface area contributed by atoms with Crippen LogP contribution in [0.2, 0.25) is 0 Å². The van der Waals surface area contributed by atoms with E-state index in [2.05, 4.69) is 39.0 Å². The van der Waals surface area contributed by atoms with Gasteiger partial charge in [0.15, 0.2) is 11.0 Å². The van der Waals surface area contributed by atoms with Crippen LogP contribution in [0.1, 0.15) is 25.8 Å². The van der Waals surface area contributed by atoms with Crippen LogP contribution in [0.25, 0.3) is 11.4 Å². The van der Waals surface area contributed by atoms with Crippen LogP contribution in [-0.4, -0.2) is 38.3 Å². The van der Waals surface area contributed by atoms with Gasteiger partial charge < -0.3 is 14.4 Å². The number of nitrogens with zero attached hydrogens (tertiary/aromatic N) is 3. The van der Waals surface area contributed by atoms with Gasteiger partial charge in [-0.15, -0.1) is 10.2 Å². The van der Waals surface area contributed by atoms with Crippen molar-refractivity contribution in [3.05, 3.63) is 60.2 Å². The van der Waals surface area contributed by atoms with Crippen molar-refractivity contribution in [3.63, 3.8) is 0 Å². The summed E-state index contributed by atoms with van der Waals surface area (Å²) in [5.41, 5.74) is 1.61. The Labute approximate surface area is 170 Å². The maximum Gasteiger partial charge on any atom is 0.191 e. The minimum absolute atomic E-state index is 0.680. The normalized spacial score (nSPS) is 11.6. The van der Waals surface area contributed by atoms with Crippen molar-refractivity contribution in [1.29, 1.82) is 0 Å². The molecule has 6 heteroatoms. The minimum atomic E-state index is -0.680. The molecule has 5 nitrogen and oxygen atoms in total. The number of aromatic nitrogens is 3. The van der Waals surface area contributed by atoms with Gasteiger partial charge in [-0.2, -0.15) is 0 Å². The third-order valence-electron chi connectivity index (χ3n) is 4.48. The molecule has 0 aliphatic carbocycles. The molecule has 1 N–H and O–H groups in total. The Morgan fingerprint density at radius 3 is 2.39 bits per heavy atom. The highest BCUT2D eigenvalue weighted by atomic mass is 32.2. The summed E-state index contributed by atoms with van der Waals surface area (Å²) in [6.07, 6.45) is 1.60. The Bertz CT molecular complexity index is 871. The molecule has 0 atom stereocenters. The Balaban J connectivity index is 1.83. The number of methoxy groups -OCH3 is 1. The van der Waals surface area contributed by atoms with Gasteiger partial charge in [-0.3, -0.25) is 0 Å². The number of ether oxygens (including phenoxy) is 1. The molecule has 1 aromatic heterocycles. The lowest BCUT2D eigenvalue weighted by atomic mass is 10.1. The predicted octanol–water partition coefficient (Wildman–Crippen LogP) is 4.45. The highest BCUT2D eigenvalue weighted by molar-refractivity contribution is 7.99. The van der Waals surface area contributed by atoms with Gasteiger partial charge in [0.1, 0.15) is 5.75 Å². The van der Waals surface area contributed by atoms with E-state index in [0.29, 0.717) is 6.42 Å². The first-order valence-corrected chi connectivity index (χ1v) is 10.4. The predicted molar refractivity (Wildman–Crippen MR) is 114 cm³/mol. The molecule has 0 aliphatic heterocycles. The van der Waals surface area contributed by atoms with Crippen molar-refractivity contribution in [1.82, 2.24) is 14.8 Å². The van der Waals surface area contributed by atoms with Crippen molar-refractivity contribution in [3.8, 4) is 17.1 Å². The molecule has 28 heavy (non-hydrogen) atoms. The zero-order valence-corrected chi connectivity index (χ0v) is 17.4. The second kappa shape index (κ2) is 9.26. The molecule has 0 aliphatic rings. The number of aryl methyl sites for hydroxylation is 1. The third kappa shape index (κ3) is 5.59. The molecule has 1 heterocycles. The minimum Gasteiger partial charge on any atom is -0.497 e. The molecule has 0 fully saturated rings. The molecule has 0 spiro atoms. The molecule has 0 saturated heterocycles. The molecular weight excluding hydrogens is 370 g/mol. The summed E-state index contributed by atoms with van der Waals surface area (Å²) in [5.74, 6) is 2.46. The molecule has 0 saturated carbocycles. The average Bonchev–Trinajstić information content (AvgIpc) is 3.09. The molecule has 3 rings (SSSR count). The molecule has 148 valence electrons. The van der Waals surface area contributed by atoms with E-state index in [1.807, 2.05) is 44.2 Å². The van der Waals surface area contributed by atoms with E-state index in [0.717, 1.165) is 41.0 Å². The lowest BCUT2D eigenvalue weighted by Gasteiger charge is -2.16. The van der Waals surface area contributed by atoms with Gasteiger partial charge in [0.2, 0.25) is 0 Å². The van der Waals surface area contributed by atoms with Gasteiger partial charge in [0.25, 0.3) is 0 Å². The standard InChI is InChI=1S/C22H27N3O2S/c1-22(2,26)14-16-28-21-24-23-20(18-9-11-19(27-3)12-10-18)25(21)15-13-17-7-5-4-6-8-17/h4-12,26H,13-16H2,1-3H3. The summed E-state index contributed by atoms with van der Waals surface area (Å²) in [4.78, 5) is 0. The summed E-state index contributed by atoms with van der Waals surface area (Å²) >= 11 is 1.64. The lowest BCUT2D eigenvalue weighted by Crippen LogP contribution is -2.19. The number of aliphatic hydroxyl groups is 1. The highest BCUT2D eigenvalue weighted by Crippen LogP contribution is 2.27. The van der Waals surface area contributed by atoms with Gasteiger partial charge in [0, 0.05) is 17.9 Å². The van der Waals surface area contributed by atoms with Crippen LogP contribution in [0.15, 0.2) is 59.8 Å². The van der Waals surface area contributed by atoms with Crippen LogP contribution in [0.3, 0.4) is 0 Å². The number of hydrogen-bond donors (Lipinski definition) is 1. The van der Waals surface area contributed by atoms with Crippen LogP contribution < -0.4 is 4.74 Å². The lowest BCUT2D eigenvalue weighted by molar-refractivity contribution is 0.0777. The zero-order valence-electron chi connectivity index (χ0n) is 16.6. The molecular formula is C22H27N3O2S. The fourth-order valence-electron chi connectivity index (χ4n) is 2.83. The van der Waals surface area contributed by atoms with Crippen molar-refractivity contribution in [2.24, 2.45) is 0 Å². The summed E-state index contributed by atoms with van der Waals surface area (Å²) in [7, 11) is 1.66. The van der Waals surface area contributed by atoms with Crippen molar-refractivity contribution < 1.29 is 9.84 Å². The van der Waals surface area contributed by atoms with Gasteiger partial charge in [0.05, 0.1) is 12.7 Å². The highest BCUT2D eigenvalue weighted by Gasteiger charge is 2.17. The van der Waals surface area contributed by atoms with E-state index in [1.54, 1.807) is 18.9 Å². The van der Waals surface area contributed by atoms with Crippen LogP contribution in [0.4, 0.5) is 0 Å². The van der Waals surface area contributed by atoms with Crippen LogP contribution >= 0.6 is 11.8 Å². The SMILES string of the molecule is COc1ccc(-c2nnc(SCCC(C)(C)O)n2CCc2ccccc2)cc1.